The predicted octanol–water partition coefficient (Wildman–Crippen LogP) is 1.63. The van der Waals surface area contributed by atoms with E-state index >= 15 is 0 Å². The van der Waals surface area contributed by atoms with Gasteiger partial charge in [-0.15, -0.1) is 11.8 Å². The fourth-order valence-electron chi connectivity index (χ4n) is 3.90. The van der Waals surface area contributed by atoms with Gasteiger partial charge >= 0.3 is 0 Å². The highest BCUT2D eigenvalue weighted by atomic mass is 32.2. The van der Waals surface area contributed by atoms with Crippen LogP contribution in [-0.2, 0) is 9.59 Å². The molecule has 3 aliphatic rings. The van der Waals surface area contributed by atoms with E-state index in [4.69, 9.17) is 0 Å². The molecule has 0 saturated carbocycles. The smallest absolute Gasteiger partial charge is 0.246 e. The molecule has 3 fully saturated rings. The monoisotopic (exact) mass is 339 g/mol. The summed E-state index contributed by atoms with van der Waals surface area (Å²) in [6.07, 6.45) is 3.50. The summed E-state index contributed by atoms with van der Waals surface area (Å²) in [5, 5.41) is 0. The molecule has 0 radical (unpaired) electrons. The van der Waals surface area contributed by atoms with Crippen LogP contribution < -0.4 is 0 Å². The van der Waals surface area contributed by atoms with E-state index in [1.807, 2.05) is 30.6 Å². The molecule has 3 rings (SSSR count). The normalized spacial score (nSPS) is 29.5. The van der Waals surface area contributed by atoms with E-state index in [2.05, 4.69) is 4.90 Å². The molecule has 3 heterocycles. The largest absolute Gasteiger partial charge is 0.339 e. The first-order chi connectivity index (χ1) is 10.9. The molecular weight excluding hydrogens is 310 g/mol. The molecule has 0 aromatic heterocycles. The maximum atomic E-state index is 13.1. The number of amides is 2. The van der Waals surface area contributed by atoms with Gasteiger partial charge in [-0.05, 0) is 25.8 Å². The lowest BCUT2D eigenvalue weighted by Gasteiger charge is -2.33. The summed E-state index contributed by atoms with van der Waals surface area (Å²) in [6.45, 7) is 9.77. The van der Waals surface area contributed by atoms with Crippen molar-refractivity contribution in [2.24, 2.45) is 5.41 Å². The third-order valence-corrected chi connectivity index (χ3v) is 6.20. The summed E-state index contributed by atoms with van der Waals surface area (Å²) < 4.78 is 0. The molecule has 2 amide bonds. The second-order valence-electron chi connectivity index (χ2n) is 8.01. The molecule has 6 heteroatoms. The number of carbonyl (C=O) groups is 2. The van der Waals surface area contributed by atoms with Crippen LogP contribution in [0.2, 0.25) is 0 Å². The molecule has 0 bridgehead atoms. The molecule has 5 nitrogen and oxygen atoms in total. The second-order valence-corrected chi connectivity index (χ2v) is 9.01. The zero-order chi connectivity index (χ0) is 16.6. The highest BCUT2D eigenvalue weighted by molar-refractivity contribution is 7.99. The van der Waals surface area contributed by atoms with E-state index < -0.39 is 5.41 Å². The van der Waals surface area contributed by atoms with Gasteiger partial charge in [0.1, 0.15) is 6.04 Å². The van der Waals surface area contributed by atoms with Crippen LogP contribution in [0.5, 0.6) is 0 Å². The van der Waals surface area contributed by atoms with E-state index in [1.165, 1.54) is 19.4 Å². The van der Waals surface area contributed by atoms with Crippen molar-refractivity contribution in [2.75, 3.05) is 37.8 Å². The van der Waals surface area contributed by atoms with Crippen molar-refractivity contribution in [1.29, 1.82) is 0 Å². The Balaban J connectivity index is 1.70. The standard InChI is InChI=1S/C17H29N3O2S/c1-17(2,3)16(22)20-12-23-11-14(20)15(21)19-9-5-8-18-7-4-6-13(18)10-19/h13-14H,4-12H2,1-3H3/t13-,14-/m0/s1. The number of hydrogen-bond donors (Lipinski definition) is 0. The molecular formula is C17H29N3O2S. The third kappa shape index (κ3) is 3.53. The van der Waals surface area contributed by atoms with Gasteiger partial charge in [-0.2, -0.15) is 0 Å². The van der Waals surface area contributed by atoms with E-state index in [0.29, 0.717) is 11.9 Å². The lowest BCUT2D eigenvalue weighted by Crippen LogP contribution is -2.52. The van der Waals surface area contributed by atoms with Gasteiger partial charge in [0.15, 0.2) is 0 Å². The minimum Gasteiger partial charge on any atom is -0.339 e. The van der Waals surface area contributed by atoms with Gasteiger partial charge in [-0.3, -0.25) is 14.5 Å². The summed E-state index contributed by atoms with van der Waals surface area (Å²) in [7, 11) is 0. The number of carbonyl (C=O) groups excluding carboxylic acids is 2. The van der Waals surface area contributed by atoms with E-state index in [1.54, 1.807) is 11.8 Å². The average molecular weight is 340 g/mol. The first-order valence-electron chi connectivity index (χ1n) is 8.79. The summed E-state index contributed by atoms with van der Waals surface area (Å²) in [5.41, 5.74) is -0.426. The van der Waals surface area contributed by atoms with E-state index in [-0.39, 0.29) is 17.9 Å². The van der Waals surface area contributed by atoms with Crippen LogP contribution >= 0.6 is 11.8 Å². The fraction of sp³-hybridized carbons (Fsp3) is 0.882. The number of fused-ring (bicyclic) bond motifs is 1. The number of nitrogens with zero attached hydrogens (tertiary/aromatic N) is 3. The molecule has 0 aromatic rings. The van der Waals surface area contributed by atoms with Gasteiger partial charge in [0.25, 0.3) is 0 Å². The first-order valence-corrected chi connectivity index (χ1v) is 9.95. The molecule has 23 heavy (non-hydrogen) atoms. The zero-order valence-electron chi connectivity index (χ0n) is 14.6. The Morgan fingerprint density at radius 2 is 1.83 bits per heavy atom. The molecule has 0 unspecified atom stereocenters. The van der Waals surface area contributed by atoms with Gasteiger partial charge in [0.05, 0.1) is 5.88 Å². The molecule has 130 valence electrons. The Hall–Kier alpha value is -0.750. The number of thioether (sulfide) groups is 1. The van der Waals surface area contributed by atoms with Crippen LogP contribution in [0.3, 0.4) is 0 Å². The van der Waals surface area contributed by atoms with Crippen LogP contribution in [0.1, 0.15) is 40.0 Å². The van der Waals surface area contributed by atoms with Crippen molar-refractivity contribution in [3.05, 3.63) is 0 Å². The SMILES string of the molecule is CC(C)(C)C(=O)N1CSC[C@H]1C(=O)N1CCCN2CCC[C@H]2C1. The van der Waals surface area contributed by atoms with Crippen molar-refractivity contribution in [3.8, 4) is 0 Å². The topological polar surface area (TPSA) is 43.9 Å². The summed E-state index contributed by atoms with van der Waals surface area (Å²) in [6, 6.07) is 0.266. The third-order valence-electron chi connectivity index (χ3n) is 5.19. The summed E-state index contributed by atoms with van der Waals surface area (Å²) >= 11 is 1.70. The minimum atomic E-state index is -0.426. The van der Waals surface area contributed by atoms with Crippen molar-refractivity contribution in [3.63, 3.8) is 0 Å². The maximum absolute atomic E-state index is 13.1. The lowest BCUT2D eigenvalue weighted by atomic mass is 9.94. The first kappa shape index (κ1) is 17.1. The zero-order valence-corrected chi connectivity index (χ0v) is 15.4. The van der Waals surface area contributed by atoms with Crippen LogP contribution in [0.15, 0.2) is 0 Å². The molecule has 3 saturated heterocycles. The summed E-state index contributed by atoms with van der Waals surface area (Å²) in [4.78, 5) is 32.1. The Bertz CT molecular complexity index is 477. The minimum absolute atomic E-state index is 0.0955. The van der Waals surface area contributed by atoms with Crippen LogP contribution in [0.25, 0.3) is 0 Å². The van der Waals surface area contributed by atoms with Gasteiger partial charge in [-0.1, -0.05) is 20.8 Å². The quantitative estimate of drug-likeness (QED) is 0.728. The van der Waals surface area contributed by atoms with Crippen molar-refractivity contribution in [2.45, 2.75) is 52.1 Å². The van der Waals surface area contributed by atoms with E-state index in [9.17, 15) is 9.59 Å². The van der Waals surface area contributed by atoms with Crippen LogP contribution in [0.4, 0.5) is 0 Å². The van der Waals surface area contributed by atoms with Crippen molar-refractivity contribution >= 4 is 23.6 Å². The van der Waals surface area contributed by atoms with Crippen LogP contribution in [0, 0.1) is 5.41 Å². The highest BCUT2D eigenvalue weighted by Crippen LogP contribution is 2.29. The Kier molecular flexibility index (Phi) is 4.93. The van der Waals surface area contributed by atoms with E-state index in [0.717, 1.165) is 31.8 Å². The highest BCUT2D eigenvalue weighted by Gasteiger charge is 2.41. The fourth-order valence-corrected chi connectivity index (χ4v) is 5.04. The number of rotatable bonds is 1. The summed E-state index contributed by atoms with van der Waals surface area (Å²) in [5.74, 6) is 1.65. The Morgan fingerprint density at radius 1 is 1.09 bits per heavy atom. The Labute approximate surface area is 143 Å². The van der Waals surface area contributed by atoms with Gasteiger partial charge < -0.3 is 9.80 Å². The molecule has 0 aromatic carbocycles. The van der Waals surface area contributed by atoms with Gasteiger partial charge in [0, 0.05) is 36.8 Å². The molecule has 0 spiro atoms. The van der Waals surface area contributed by atoms with Gasteiger partial charge in [-0.25, -0.2) is 0 Å². The molecule has 0 N–H and O–H groups in total. The molecule has 3 aliphatic heterocycles. The Morgan fingerprint density at radius 3 is 2.57 bits per heavy atom. The maximum Gasteiger partial charge on any atom is 0.246 e. The average Bonchev–Trinajstić information content (AvgIpc) is 3.09. The van der Waals surface area contributed by atoms with Crippen molar-refractivity contribution in [1.82, 2.24) is 14.7 Å². The van der Waals surface area contributed by atoms with Gasteiger partial charge in [0.2, 0.25) is 11.8 Å². The van der Waals surface area contributed by atoms with Crippen molar-refractivity contribution < 1.29 is 9.59 Å². The second kappa shape index (κ2) is 6.63. The predicted molar refractivity (Wildman–Crippen MR) is 93.2 cm³/mol. The van der Waals surface area contributed by atoms with Crippen LogP contribution in [-0.4, -0.2) is 76.4 Å². The molecule has 0 aliphatic carbocycles. The molecule has 2 atom stereocenters. The lowest BCUT2D eigenvalue weighted by molar-refractivity contribution is -0.148. The number of hydrogen-bond acceptors (Lipinski definition) is 4.